The van der Waals surface area contributed by atoms with E-state index >= 15 is 0 Å². The van der Waals surface area contributed by atoms with Gasteiger partial charge in [-0.05, 0) is 25.1 Å². The van der Waals surface area contributed by atoms with E-state index < -0.39 is 0 Å². The predicted octanol–water partition coefficient (Wildman–Crippen LogP) is 4.08. The van der Waals surface area contributed by atoms with Gasteiger partial charge >= 0.3 is 0 Å². The number of nitrogens with zero attached hydrogens (tertiary/aromatic N) is 3. The highest BCUT2D eigenvalue weighted by Crippen LogP contribution is 2.27. The smallest absolute Gasteiger partial charge is 0.0897 e. The van der Waals surface area contributed by atoms with Gasteiger partial charge in [0.2, 0.25) is 0 Å². The molecule has 3 nitrogen and oxygen atoms in total. The fraction of sp³-hybridized carbons (Fsp3) is 0.400. The zero-order valence-electron chi connectivity index (χ0n) is 11.9. The van der Waals surface area contributed by atoms with Gasteiger partial charge in [0.05, 0.1) is 20.7 Å². The van der Waals surface area contributed by atoms with E-state index in [1.807, 2.05) is 18.2 Å². The first-order valence-electron chi connectivity index (χ1n) is 6.95. The zero-order chi connectivity index (χ0) is 14.8. The SMILES string of the molecule is Cc1nc(CN2CCN(c3ccc(Cl)c(Cl)c3)CC2)cs1. The van der Waals surface area contributed by atoms with Crippen molar-refractivity contribution in [3.63, 3.8) is 0 Å². The first-order valence-corrected chi connectivity index (χ1v) is 8.59. The maximum atomic E-state index is 6.10. The van der Waals surface area contributed by atoms with Crippen molar-refractivity contribution in [1.29, 1.82) is 0 Å². The standard InChI is InChI=1S/C15H17Cl2N3S/c1-11-18-12(10-21-11)9-19-4-6-20(7-5-19)13-2-3-14(16)15(17)8-13/h2-3,8,10H,4-7,9H2,1H3. The van der Waals surface area contributed by atoms with Gasteiger partial charge in [0.1, 0.15) is 0 Å². The average molecular weight is 342 g/mol. The second-order valence-electron chi connectivity index (χ2n) is 5.22. The number of halogens is 2. The molecule has 1 saturated heterocycles. The molecule has 1 aromatic heterocycles. The lowest BCUT2D eigenvalue weighted by Crippen LogP contribution is -2.46. The maximum Gasteiger partial charge on any atom is 0.0897 e. The van der Waals surface area contributed by atoms with Crippen molar-refractivity contribution in [1.82, 2.24) is 9.88 Å². The lowest BCUT2D eigenvalue weighted by atomic mass is 10.2. The van der Waals surface area contributed by atoms with Crippen molar-refractivity contribution < 1.29 is 0 Å². The summed E-state index contributed by atoms with van der Waals surface area (Å²) < 4.78 is 0. The van der Waals surface area contributed by atoms with Gasteiger partial charge < -0.3 is 4.90 Å². The van der Waals surface area contributed by atoms with Gasteiger partial charge in [0.25, 0.3) is 0 Å². The number of benzene rings is 1. The molecule has 0 amide bonds. The Morgan fingerprint density at radius 3 is 2.52 bits per heavy atom. The number of hydrogen-bond acceptors (Lipinski definition) is 4. The third-order valence-electron chi connectivity index (χ3n) is 3.69. The van der Waals surface area contributed by atoms with Crippen LogP contribution in [-0.4, -0.2) is 36.1 Å². The molecule has 1 aliphatic rings. The molecule has 0 N–H and O–H groups in total. The molecule has 2 aromatic rings. The Morgan fingerprint density at radius 2 is 1.90 bits per heavy atom. The first kappa shape index (κ1) is 15.1. The summed E-state index contributed by atoms with van der Waals surface area (Å²) in [5.74, 6) is 0. The van der Waals surface area contributed by atoms with Crippen LogP contribution < -0.4 is 4.90 Å². The van der Waals surface area contributed by atoms with Crippen LogP contribution in [0.5, 0.6) is 0 Å². The molecule has 1 fully saturated rings. The number of thiazole rings is 1. The summed E-state index contributed by atoms with van der Waals surface area (Å²) >= 11 is 13.8. The molecule has 0 unspecified atom stereocenters. The quantitative estimate of drug-likeness (QED) is 0.838. The van der Waals surface area contributed by atoms with E-state index in [2.05, 4.69) is 27.1 Å². The summed E-state index contributed by atoms with van der Waals surface area (Å²) in [5.41, 5.74) is 2.33. The summed E-state index contributed by atoms with van der Waals surface area (Å²) in [4.78, 5) is 9.33. The minimum Gasteiger partial charge on any atom is -0.369 e. The molecule has 0 saturated carbocycles. The van der Waals surface area contributed by atoms with E-state index in [-0.39, 0.29) is 0 Å². The number of aryl methyl sites for hydroxylation is 1. The zero-order valence-corrected chi connectivity index (χ0v) is 14.2. The van der Waals surface area contributed by atoms with Crippen LogP contribution in [0, 0.1) is 6.92 Å². The van der Waals surface area contributed by atoms with Crippen LogP contribution in [0.15, 0.2) is 23.6 Å². The van der Waals surface area contributed by atoms with Crippen LogP contribution >= 0.6 is 34.5 Å². The third kappa shape index (κ3) is 3.69. The van der Waals surface area contributed by atoms with Crippen molar-refractivity contribution >= 4 is 40.2 Å². The summed E-state index contributed by atoms with van der Waals surface area (Å²) in [6.07, 6.45) is 0. The van der Waals surface area contributed by atoms with Gasteiger partial charge in [0.15, 0.2) is 0 Å². The highest BCUT2D eigenvalue weighted by molar-refractivity contribution is 7.09. The minimum absolute atomic E-state index is 0.609. The summed E-state index contributed by atoms with van der Waals surface area (Å²) in [6.45, 7) is 7.08. The van der Waals surface area contributed by atoms with Gasteiger partial charge in [-0.3, -0.25) is 4.90 Å². The third-order valence-corrected chi connectivity index (χ3v) is 5.25. The lowest BCUT2D eigenvalue weighted by Gasteiger charge is -2.35. The van der Waals surface area contributed by atoms with Crippen LogP contribution in [0.2, 0.25) is 10.0 Å². The van der Waals surface area contributed by atoms with E-state index in [1.54, 1.807) is 11.3 Å². The molecule has 2 heterocycles. The molecular weight excluding hydrogens is 325 g/mol. The molecule has 21 heavy (non-hydrogen) atoms. The summed E-state index contributed by atoms with van der Waals surface area (Å²) in [6, 6.07) is 5.85. The van der Waals surface area contributed by atoms with Gasteiger partial charge in [-0.15, -0.1) is 11.3 Å². The molecular formula is C15H17Cl2N3S. The second-order valence-corrected chi connectivity index (χ2v) is 7.10. The van der Waals surface area contributed by atoms with Crippen molar-refractivity contribution in [2.75, 3.05) is 31.1 Å². The van der Waals surface area contributed by atoms with E-state index in [9.17, 15) is 0 Å². The van der Waals surface area contributed by atoms with Crippen molar-refractivity contribution in [2.45, 2.75) is 13.5 Å². The van der Waals surface area contributed by atoms with Gasteiger partial charge in [-0.25, -0.2) is 4.98 Å². The van der Waals surface area contributed by atoms with Gasteiger partial charge in [0, 0.05) is 43.8 Å². The van der Waals surface area contributed by atoms with E-state index in [4.69, 9.17) is 23.2 Å². The van der Waals surface area contributed by atoms with E-state index in [0.717, 1.165) is 43.4 Å². The molecule has 112 valence electrons. The van der Waals surface area contributed by atoms with Crippen LogP contribution in [0.3, 0.4) is 0 Å². The average Bonchev–Trinajstić information content (AvgIpc) is 2.88. The Morgan fingerprint density at radius 1 is 1.14 bits per heavy atom. The monoisotopic (exact) mass is 341 g/mol. The van der Waals surface area contributed by atoms with Crippen LogP contribution in [0.25, 0.3) is 0 Å². The maximum absolute atomic E-state index is 6.10. The number of hydrogen-bond donors (Lipinski definition) is 0. The molecule has 0 radical (unpaired) electrons. The highest BCUT2D eigenvalue weighted by Gasteiger charge is 2.18. The van der Waals surface area contributed by atoms with Gasteiger partial charge in [-0.2, -0.15) is 0 Å². The molecule has 1 aliphatic heterocycles. The van der Waals surface area contributed by atoms with Crippen molar-refractivity contribution in [3.05, 3.63) is 44.3 Å². The molecule has 6 heteroatoms. The Kier molecular flexibility index (Phi) is 4.69. The fourth-order valence-corrected chi connectivity index (χ4v) is 3.45. The summed E-state index contributed by atoms with van der Waals surface area (Å²) in [5, 5.41) is 4.52. The molecule has 0 bridgehead atoms. The predicted molar refractivity (Wildman–Crippen MR) is 90.8 cm³/mol. The second kappa shape index (κ2) is 6.53. The summed E-state index contributed by atoms with van der Waals surface area (Å²) in [7, 11) is 0. The van der Waals surface area contributed by atoms with E-state index in [0.29, 0.717) is 10.0 Å². The van der Waals surface area contributed by atoms with Crippen LogP contribution in [-0.2, 0) is 6.54 Å². The van der Waals surface area contributed by atoms with Gasteiger partial charge in [-0.1, -0.05) is 23.2 Å². The minimum atomic E-state index is 0.609. The number of anilines is 1. The first-order chi connectivity index (χ1) is 10.1. The van der Waals surface area contributed by atoms with Crippen molar-refractivity contribution in [2.24, 2.45) is 0 Å². The topological polar surface area (TPSA) is 19.4 Å². The lowest BCUT2D eigenvalue weighted by molar-refractivity contribution is 0.247. The molecule has 3 rings (SSSR count). The van der Waals surface area contributed by atoms with Crippen molar-refractivity contribution in [3.8, 4) is 0 Å². The number of aromatic nitrogens is 1. The van der Waals surface area contributed by atoms with Crippen LogP contribution in [0.1, 0.15) is 10.7 Å². The molecule has 1 aromatic carbocycles. The highest BCUT2D eigenvalue weighted by atomic mass is 35.5. The number of rotatable bonds is 3. The largest absolute Gasteiger partial charge is 0.369 e. The molecule has 0 aliphatic carbocycles. The molecule has 0 spiro atoms. The Bertz CT molecular complexity index is 621. The van der Waals surface area contributed by atoms with Crippen LogP contribution in [0.4, 0.5) is 5.69 Å². The Labute approximate surface area is 139 Å². The van der Waals surface area contributed by atoms with E-state index in [1.165, 1.54) is 5.69 Å². The number of piperazine rings is 1. The Hall–Kier alpha value is -0.810. The Balaban J connectivity index is 1.58. The fourth-order valence-electron chi connectivity index (χ4n) is 2.56. The molecule has 0 atom stereocenters. The normalized spacial score (nSPS) is 16.4.